The van der Waals surface area contributed by atoms with E-state index in [9.17, 15) is 4.79 Å². The predicted octanol–water partition coefficient (Wildman–Crippen LogP) is -0.343. The Morgan fingerprint density at radius 1 is 1.54 bits per heavy atom. The van der Waals surface area contributed by atoms with Crippen LogP contribution < -0.4 is 0 Å². The van der Waals surface area contributed by atoms with Crippen molar-refractivity contribution in [3.63, 3.8) is 0 Å². The molecule has 0 aromatic carbocycles. The second-order valence-electron chi connectivity index (χ2n) is 2.53. The van der Waals surface area contributed by atoms with Crippen LogP contribution in [0.15, 0.2) is 0 Å². The summed E-state index contributed by atoms with van der Waals surface area (Å²) in [5, 5.41) is 17.0. The van der Waals surface area contributed by atoms with Gasteiger partial charge in [0.2, 0.25) is 6.29 Å². The molecule has 0 fully saturated rings. The van der Waals surface area contributed by atoms with E-state index in [-0.39, 0.29) is 6.61 Å². The van der Waals surface area contributed by atoms with E-state index in [1.54, 1.807) is 0 Å². The van der Waals surface area contributed by atoms with E-state index in [4.69, 9.17) is 14.9 Å². The molecule has 0 aromatic rings. The number of esters is 1. The van der Waals surface area contributed by atoms with Crippen LogP contribution in [0.25, 0.3) is 0 Å². The average Bonchev–Trinajstić information content (AvgIpc) is 2.12. The van der Waals surface area contributed by atoms with Gasteiger partial charge in [0.15, 0.2) is 0 Å². The number of rotatable bonds is 7. The Morgan fingerprint density at radius 2 is 2.23 bits per heavy atom. The molecule has 1 atom stereocenters. The summed E-state index contributed by atoms with van der Waals surface area (Å²) in [7, 11) is 0. The Balaban J connectivity index is 3.30. The van der Waals surface area contributed by atoms with E-state index in [1.165, 1.54) is 0 Å². The molecule has 2 N–H and O–H groups in total. The van der Waals surface area contributed by atoms with Crippen LogP contribution in [0.2, 0.25) is 0 Å². The molecule has 5 heteroatoms. The van der Waals surface area contributed by atoms with Crippen LogP contribution in [0.4, 0.5) is 0 Å². The molecule has 0 radical (unpaired) electrons. The molecule has 0 heterocycles. The van der Waals surface area contributed by atoms with Crippen molar-refractivity contribution < 1.29 is 24.5 Å². The Labute approximate surface area is 77.3 Å². The highest BCUT2D eigenvalue weighted by Crippen LogP contribution is 1.91. The molecule has 78 valence electrons. The number of aliphatic hydroxyl groups is 2. The van der Waals surface area contributed by atoms with Crippen molar-refractivity contribution >= 4 is 5.97 Å². The number of aliphatic hydroxyl groups excluding tert-OH is 2. The Morgan fingerprint density at radius 3 is 2.77 bits per heavy atom. The Kier molecular flexibility index (Phi) is 7.57. The van der Waals surface area contributed by atoms with Crippen LogP contribution in [0.5, 0.6) is 0 Å². The summed E-state index contributed by atoms with van der Waals surface area (Å²) >= 11 is 0. The van der Waals surface area contributed by atoms with Crippen molar-refractivity contribution in [2.45, 2.75) is 26.1 Å². The van der Waals surface area contributed by atoms with E-state index in [1.807, 2.05) is 6.92 Å². The number of unbranched alkanes of at least 4 members (excludes halogenated alkanes) is 1. The molecule has 0 rings (SSSR count). The maximum atomic E-state index is 10.8. The third kappa shape index (κ3) is 7.70. The lowest BCUT2D eigenvalue weighted by atomic mass is 10.4. The van der Waals surface area contributed by atoms with Crippen LogP contribution in [-0.4, -0.2) is 42.3 Å². The van der Waals surface area contributed by atoms with E-state index in [0.717, 1.165) is 12.8 Å². The van der Waals surface area contributed by atoms with Crippen LogP contribution >= 0.6 is 0 Å². The first-order valence-corrected chi connectivity index (χ1v) is 4.26. The standard InChI is InChI=1S/C8H16O5/c1-2-3-4-12-6-8(11)13-7(10)5-9/h7,9-10H,2-6H2,1H3. The van der Waals surface area contributed by atoms with Gasteiger partial charge in [-0.1, -0.05) is 13.3 Å². The number of ether oxygens (including phenoxy) is 2. The third-order valence-corrected chi connectivity index (χ3v) is 1.29. The third-order valence-electron chi connectivity index (χ3n) is 1.29. The highest BCUT2D eigenvalue weighted by atomic mass is 16.7. The SMILES string of the molecule is CCCCOCC(=O)OC(O)CO. The quantitative estimate of drug-likeness (QED) is 0.328. The molecular weight excluding hydrogens is 176 g/mol. The number of hydrogen-bond acceptors (Lipinski definition) is 5. The fourth-order valence-corrected chi connectivity index (χ4v) is 0.625. The first-order valence-electron chi connectivity index (χ1n) is 4.26. The van der Waals surface area contributed by atoms with Gasteiger partial charge in [-0.05, 0) is 6.42 Å². The zero-order valence-corrected chi connectivity index (χ0v) is 7.73. The van der Waals surface area contributed by atoms with Crippen LogP contribution in [0.1, 0.15) is 19.8 Å². The van der Waals surface area contributed by atoms with E-state index in [0.29, 0.717) is 6.61 Å². The predicted molar refractivity (Wildman–Crippen MR) is 44.9 cm³/mol. The molecule has 0 amide bonds. The lowest BCUT2D eigenvalue weighted by Crippen LogP contribution is -2.24. The summed E-state index contributed by atoms with van der Waals surface area (Å²) in [5.41, 5.74) is 0. The summed E-state index contributed by atoms with van der Waals surface area (Å²) in [4.78, 5) is 10.8. The minimum atomic E-state index is -1.44. The van der Waals surface area contributed by atoms with Gasteiger partial charge in [-0.25, -0.2) is 4.79 Å². The van der Waals surface area contributed by atoms with Gasteiger partial charge in [-0.2, -0.15) is 0 Å². The van der Waals surface area contributed by atoms with Gasteiger partial charge in [0.05, 0.1) is 0 Å². The van der Waals surface area contributed by atoms with Crippen molar-refractivity contribution in [3.05, 3.63) is 0 Å². The largest absolute Gasteiger partial charge is 0.432 e. The molecule has 0 saturated carbocycles. The average molecular weight is 192 g/mol. The van der Waals surface area contributed by atoms with Crippen LogP contribution in [-0.2, 0) is 14.3 Å². The monoisotopic (exact) mass is 192 g/mol. The van der Waals surface area contributed by atoms with Crippen molar-refractivity contribution in [2.75, 3.05) is 19.8 Å². The van der Waals surface area contributed by atoms with Gasteiger partial charge in [0, 0.05) is 6.61 Å². The Bertz CT molecular complexity index is 136. The molecule has 1 unspecified atom stereocenters. The first kappa shape index (κ1) is 12.3. The van der Waals surface area contributed by atoms with Gasteiger partial charge < -0.3 is 19.7 Å². The minimum absolute atomic E-state index is 0.183. The summed E-state index contributed by atoms with van der Waals surface area (Å²) in [6.07, 6.45) is 0.437. The maximum absolute atomic E-state index is 10.8. The minimum Gasteiger partial charge on any atom is -0.432 e. The van der Waals surface area contributed by atoms with E-state index in [2.05, 4.69) is 4.74 Å². The van der Waals surface area contributed by atoms with Gasteiger partial charge in [-0.15, -0.1) is 0 Å². The fourth-order valence-electron chi connectivity index (χ4n) is 0.625. The van der Waals surface area contributed by atoms with Crippen molar-refractivity contribution in [2.24, 2.45) is 0 Å². The van der Waals surface area contributed by atoms with E-state index >= 15 is 0 Å². The van der Waals surface area contributed by atoms with Gasteiger partial charge in [0.25, 0.3) is 0 Å². The van der Waals surface area contributed by atoms with E-state index < -0.39 is 18.9 Å². The molecular formula is C8H16O5. The second kappa shape index (κ2) is 7.97. The summed E-state index contributed by atoms with van der Waals surface area (Å²) < 4.78 is 9.24. The molecule has 0 aromatic heterocycles. The van der Waals surface area contributed by atoms with Crippen LogP contribution in [0, 0.1) is 0 Å². The molecule has 13 heavy (non-hydrogen) atoms. The lowest BCUT2D eigenvalue weighted by Gasteiger charge is -2.08. The highest BCUT2D eigenvalue weighted by Gasteiger charge is 2.08. The molecule has 0 saturated heterocycles. The van der Waals surface area contributed by atoms with Gasteiger partial charge >= 0.3 is 5.97 Å². The van der Waals surface area contributed by atoms with Crippen molar-refractivity contribution in [1.82, 2.24) is 0 Å². The smallest absolute Gasteiger partial charge is 0.334 e. The zero-order valence-electron chi connectivity index (χ0n) is 7.73. The topological polar surface area (TPSA) is 76.0 Å². The molecule has 0 aliphatic heterocycles. The summed E-state index contributed by atoms with van der Waals surface area (Å²) in [6, 6.07) is 0. The second-order valence-corrected chi connectivity index (χ2v) is 2.53. The molecule has 0 aliphatic carbocycles. The maximum Gasteiger partial charge on any atom is 0.334 e. The highest BCUT2D eigenvalue weighted by molar-refractivity contribution is 5.70. The molecule has 0 spiro atoms. The lowest BCUT2D eigenvalue weighted by molar-refractivity contribution is -0.178. The summed E-state index contributed by atoms with van der Waals surface area (Å²) in [5.74, 6) is -0.669. The van der Waals surface area contributed by atoms with Crippen molar-refractivity contribution in [1.29, 1.82) is 0 Å². The number of carbonyl (C=O) groups is 1. The summed E-state index contributed by atoms with van der Waals surface area (Å²) in [6.45, 7) is 1.73. The van der Waals surface area contributed by atoms with Gasteiger partial charge in [0.1, 0.15) is 13.2 Å². The van der Waals surface area contributed by atoms with Gasteiger partial charge in [-0.3, -0.25) is 0 Å². The number of carbonyl (C=O) groups excluding carboxylic acids is 1. The normalized spacial score (nSPS) is 12.5. The van der Waals surface area contributed by atoms with Crippen LogP contribution in [0.3, 0.4) is 0 Å². The molecule has 0 aliphatic rings. The first-order chi connectivity index (χ1) is 6.20. The zero-order chi connectivity index (χ0) is 10.1. The van der Waals surface area contributed by atoms with Crippen molar-refractivity contribution in [3.8, 4) is 0 Å². The Hall–Kier alpha value is -0.650. The number of hydrogen-bond donors (Lipinski definition) is 2. The molecule has 5 nitrogen and oxygen atoms in total. The fraction of sp³-hybridized carbons (Fsp3) is 0.875. The molecule has 0 bridgehead atoms.